The van der Waals surface area contributed by atoms with Crippen LogP contribution in [0, 0.1) is 5.92 Å². The van der Waals surface area contributed by atoms with Crippen LogP contribution in [0.2, 0.25) is 0 Å². The summed E-state index contributed by atoms with van der Waals surface area (Å²) in [7, 11) is 4.29. The lowest BCUT2D eigenvalue weighted by molar-refractivity contribution is -0.112. The Morgan fingerprint density at radius 3 is 1.87 bits per heavy atom. The molecule has 2 atom stereocenters. The second-order valence-electron chi connectivity index (χ2n) is 21.6. The average molecular weight is 1140 g/mol. The van der Waals surface area contributed by atoms with Gasteiger partial charge in [0, 0.05) is 94.2 Å². The summed E-state index contributed by atoms with van der Waals surface area (Å²) >= 11 is 0. The van der Waals surface area contributed by atoms with Crippen LogP contribution in [-0.4, -0.2) is 115 Å². The molecule has 21 heteroatoms. The van der Waals surface area contributed by atoms with E-state index < -0.39 is 0 Å². The van der Waals surface area contributed by atoms with Crippen LogP contribution in [0.3, 0.4) is 0 Å². The van der Waals surface area contributed by atoms with Gasteiger partial charge in [-0.2, -0.15) is 24.6 Å². The molecule has 10 rings (SSSR count). The predicted octanol–water partition coefficient (Wildman–Crippen LogP) is 10.9. The van der Waals surface area contributed by atoms with Crippen LogP contribution in [-0.2, 0) is 16.0 Å². The number of benzene rings is 4. The zero-order chi connectivity index (χ0) is 59.3. The first-order valence-electron chi connectivity index (χ1n) is 28.6. The van der Waals surface area contributed by atoms with Gasteiger partial charge < -0.3 is 52.1 Å². The Kier molecular flexibility index (Phi) is 19.5. The largest absolute Gasteiger partial charge is 0.396 e. The Bertz CT molecular complexity index is 3520. The van der Waals surface area contributed by atoms with Gasteiger partial charge in [-0.25, -0.2) is 4.98 Å². The summed E-state index contributed by atoms with van der Waals surface area (Å²) in [5.74, 6) is 1.62. The summed E-state index contributed by atoms with van der Waals surface area (Å²) in [4.78, 5) is 77.7. The van der Waals surface area contributed by atoms with Crippen molar-refractivity contribution in [3.05, 3.63) is 151 Å². The first-order chi connectivity index (χ1) is 40.7. The Labute approximate surface area is 489 Å². The average Bonchev–Trinajstić information content (AvgIpc) is 2.49. The molecule has 1 saturated heterocycles. The second-order valence-corrected chi connectivity index (χ2v) is 21.6. The molecule has 0 spiro atoms. The normalized spacial score (nSPS) is 17.1. The molecule has 8 N–H and O–H groups in total. The maximum Gasteiger partial charge on any atom is 0.255 e. The van der Waals surface area contributed by atoms with Crippen molar-refractivity contribution in [1.82, 2.24) is 34.4 Å². The number of amides is 4. The first kappa shape index (κ1) is 59.3. The van der Waals surface area contributed by atoms with E-state index in [1.54, 1.807) is 53.0 Å². The number of carbonyl (C=O) groups is 4. The fourth-order valence-corrected chi connectivity index (χ4v) is 10.5. The fourth-order valence-electron chi connectivity index (χ4n) is 10.5. The summed E-state index contributed by atoms with van der Waals surface area (Å²) in [6.45, 7) is 14.3. The highest BCUT2D eigenvalue weighted by atomic mass is 16.3. The van der Waals surface area contributed by atoms with Gasteiger partial charge in [-0.3, -0.25) is 24.2 Å². The molecule has 2 unspecified atom stereocenters. The van der Waals surface area contributed by atoms with E-state index in [0.717, 1.165) is 91.9 Å². The Hall–Kier alpha value is -9.34. The molecule has 0 bridgehead atoms. The summed E-state index contributed by atoms with van der Waals surface area (Å²) in [5, 5.41) is 35.8. The summed E-state index contributed by atoms with van der Waals surface area (Å²) < 4.78 is 1.71. The van der Waals surface area contributed by atoms with Crippen molar-refractivity contribution in [3.63, 3.8) is 0 Å². The molecule has 2 aliphatic heterocycles. The zero-order valence-electron chi connectivity index (χ0n) is 48.2. The SMILES string of the molecule is C=CC(=O)Nc1ccc(C(=O)Nc2cccc(Nc3nc(N4CCCCC4CCO)nc4c3N=CC4C(C)C)c2)cc1.C=CC(=O)Nc1ccc(C(=O)Nc2cccc(Nc3nc(NC4CCC(N(C)C)CC4)nc4c(CC)cnn34)c2)cc1. The van der Waals surface area contributed by atoms with Crippen LogP contribution < -0.4 is 42.1 Å². The number of carbonyl (C=O) groups excluding carboxylic acids is 4. The Morgan fingerprint density at radius 1 is 0.714 bits per heavy atom. The van der Waals surface area contributed by atoms with Crippen molar-refractivity contribution in [2.45, 2.75) is 103 Å². The maximum atomic E-state index is 12.9. The highest BCUT2D eigenvalue weighted by Gasteiger charge is 2.32. The number of aliphatic hydroxyl groups is 1. The van der Waals surface area contributed by atoms with Gasteiger partial charge in [-0.15, -0.1) is 0 Å². The first-order valence-corrected chi connectivity index (χ1v) is 28.6. The van der Waals surface area contributed by atoms with Gasteiger partial charge in [-0.1, -0.05) is 46.1 Å². The second kappa shape index (κ2) is 27.6. The third-order valence-electron chi connectivity index (χ3n) is 15.2. The molecular formula is C63H74N16O5. The molecule has 4 amide bonds. The third kappa shape index (κ3) is 14.8. The minimum absolute atomic E-state index is 0.0884. The van der Waals surface area contributed by atoms with Crippen LogP contribution in [0.5, 0.6) is 0 Å². The predicted molar refractivity (Wildman–Crippen MR) is 334 cm³/mol. The number of nitrogens with one attached hydrogen (secondary N) is 7. The molecular weight excluding hydrogens is 1060 g/mol. The van der Waals surface area contributed by atoms with Gasteiger partial charge in [-0.05, 0) is 175 Å². The van der Waals surface area contributed by atoms with E-state index >= 15 is 0 Å². The van der Waals surface area contributed by atoms with Gasteiger partial charge in [0.2, 0.25) is 29.7 Å². The molecule has 4 aromatic carbocycles. The zero-order valence-corrected chi connectivity index (χ0v) is 48.2. The number of piperidine rings is 1. The monoisotopic (exact) mass is 1130 g/mol. The number of hydrogen-bond donors (Lipinski definition) is 8. The molecule has 5 heterocycles. The van der Waals surface area contributed by atoms with Gasteiger partial charge in [0.25, 0.3) is 11.8 Å². The number of rotatable bonds is 20. The molecule has 7 aromatic rings. The topological polar surface area (TPSA) is 260 Å². The van der Waals surface area contributed by atoms with Crippen LogP contribution in [0.1, 0.15) is 110 Å². The number of fused-ring (bicyclic) bond motifs is 2. The van der Waals surface area contributed by atoms with Gasteiger partial charge in [0.15, 0.2) is 11.5 Å². The van der Waals surface area contributed by atoms with E-state index in [1.165, 1.54) is 12.2 Å². The minimum Gasteiger partial charge on any atom is -0.396 e. The number of aryl methyl sites for hydroxylation is 1. The lowest BCUT2D eigenvalue weighted by Crippen LogP contribution is -2.41. The van der Waals surface area contributed by atoms with Crippen LogP contribution in [0.15, 0.2) is 134 Å². The van der Waals surface area contributed by atoms with E-state index in [2.05, 4.69) is 100 Å². The van der Waals surface area contributed by atoms with Gasteiger partial charge in [0.1, 0.15) is 5.69 Å². The molecule has 1 aliphatic carbocycles. The molecule has 3 aliphatic rings. The number of aromatic nitrogens is 6. The maximum absolute atomic E-state index is 12.9. The molecule has 0 radical (unpaired) electrons. The van der Waals surface area contributed by atoms with Crippen molar-refractivity contribution in [3.8, 4) is 0 Å². The van der Waals surface area contributed by atoms with E-state index in [1.807, 2.05) is 60.9 Å². The Balaban J connectivity index is 0.000000202. The molecule has 1 saturated carbocycles. The van der Waals surface area contributed by atoms with Crippen molar-refractivity contribution in [1.29, 1.82) is 0 Å². The lowest BCUT2D eigenvalue weighted by Gasteiger charge is -2.36. The fraction of sp³-hybridized carbons (Fsp3) is 0.333. The van der Waals surface area contributed by atoms with Crippen LogP contribution >= 0.6 is 0 Å². The number of aliphatic hydroxyl groups excluding tert-OH is 1. The molecule has 3 aromatic heterocycles. The summed E-state index contributed by atoms with van der Waals surface area (Å²) in [6, 6.07) is 29.2. The molecule has 84 heavy (non-hydrogen) atoms. The van der Waals surface area contributed by atoms with Crippen LogP contribution in [0.25, 0.3) is 5.65 Å². The molecule has 2 fully saturated rings. The number of aliphatic imine (C=N–C) groups is 1. The summed E-state index contributed by atoms with van der Waals surface area (Å²) in [6.07, 6.45) is 15.2. The summed E-state index contributed by atoms with van der Waals surface area (Å²) in [5.41, 5.74) is 8.22. The van der Waals surface area contributed by atoms with E-state index in [9.17, 15) is 24.3 Å². The molecule has 436 valence electrons. The van der Waals surface area contributed by atoms with Crippen molar-refractivity contribution in [2.75, 3.05) is 69.4 Å². The number of anilines is 10. The van der Waals surface area contributed by atoms with E-state index in [0.29, 0.717) is 82.0 Å². The van der Waals surface area contributed by atoms with Crippen LogP contribution in [0.4, 0.5) is 63.5 Å². The minimum atomic E-state index is -0.315. The van der Waals surface area contributed by atoms with Crippen molar-refractivity contribution >= 4 is 99.0 Å². The quantitative estimate of drug-likeness (QED) is 0.0330. The standard InChI is InChI=1S/C32H37N7O3.C31H37N9O2/c1-4-27(41)34-22-13-11-21(12-14-22)31(42)36-24-9-7-8-23(18-24)35-30-29-28(26(19-33-29)20(2)3)37-32(38-30)39-16-6-5-10-25(39)15-17-40;1-5-20-19-32-40-28(20)37-30(35-23-14-16-26(17-15-23)39(3)4)38-31(40)36-25-9-7-8-24(18-25)34-29(42)21-10-12-22(13-11-21)33-27(41)6-2/h4,7-9,11-14,18-20,25-26,40H,1,5-6,10,15-17H2,2-3H3,(H,34,41)(H,36,42)(H,35,37,38);6-13,18-19,23,26H,2,5,14-17H2,1,3-4H3,(H,33,41)(H,34,42)(H2,35,36,37,38). The number of nitrogens with zero attached hydrogens (tertiary/aromatic N) is 9. The lowest BCUT2D eigenvalue weighted by atomic mass is 9.91. The van der Waals surface area contributed by atoms with Gasteiger partial charge in [0.05, 0.1) is 11.9 Å². The Morgan fingerprint density at radius 2 is 1.31 bits per heavy atom. The number of hydrogen-bond acceptors (Lipinski definition) is 16. The highest BCUT2D eigenvalue weighted by Crippen LogP contribution is 2.42. The van der Waals surface area contributed by atoms with Crippen molar-refractivity contribution in [2.24, 2.45) is 10.9 Å². The van der Waals surface area contributed by atoms with E-state index in [-0.39, 0.29) is 42.2 Å². The van der Waals surface area contributed by atoms with Crippen molar-refractivity contribution < 1.29 is 24.3 Å². The van der Waals surface area contributed by atoms with E-state index in [4.69, 9.17) is 24.9 Å². The third-order valence-corrected chi connectivity index (χ3v) is 15.2. The highest BCUT2D eigenvalue weighted by molar-refractivity contribution is 6.06. The van der Waals surface area contributed by atoms with Gasteiger partial charge >= 0.3 is 0 Å². The molecule has 21 nitrogen and oxygen atoms in total. The smallest absolute Gasteiger partial charge is 0.255 e.